The molecular weight excluding hydrogens is 657 g/mol. The maximum atomic E-state index is 6.44. The summed E-state index contributed by atoms with van der Waals surface area (Å²) in [6.45, 7) is 0. The third-order valence-electron chi connectivity index (χ3n) is 10.8. The van der Waals surface area contributed by atoms with E-state index < -0.39 is 0 Å². The summed E-state index contributed by atoms with van der Waals surface area (Å²) in [5, 5.41) is 5.77. The Kier molecular flexibility index (Phi) is 6.86. The molecule has 0 aliphatic carbocycles. The summed E-state index contributed by atoms with van der Waals surface area (Å²) in [7, 11) is 0. The highest BCUT2D eigenvalue weighted by atomic mass is 16.3. The van der Waals surface area contributed by atoms with E-state index in [1.54, 1.807) is 0 Å². The summed E-state index contributed by atoms with van der Waals surface area (Å²) >= 11 is 0. The first-order chi connectivity index (χ1) is 26.8. The van der Waals surface area contributed by atoms with Gasteiger partial charge < -0.3 is 4.42 Å². The topological polar surface area (TPSA) is 30.4 Å². The predicted octanol–water partition coefficient (Wildman–Crippen LogP) is 13.9. The molecule has 11 rings (SSSR count). The first-order valence-electron chi connectivity index (χ1n) is 18.4. The second-order valence-corrected chi connectivity index (χ2v) is 13.9. The van der Waals surface area contributed by atoms with Crippen LogP contribution in [0.1, 0.15) is 0 Å². The van der Waals surface area contributed by atoms with Gasteiger partial charge in [0.05, 0.1) is 16.9 Å². The number of pyridine rings is 1. The Labute approximate surface area is 312 Å². The molecule has 0 atom stereocenters. The highest BCUT2D eigenvalue weighted by molar-refractivity contribution is 6.14. The van der Waals surface area contributed by atoms with Crippen molar-refractivity contribution in [3.05, 3.63) is 194 Å². The smallest absolute Gasteiger partial charge is 0.146 e. The minimum Gasteiger partial charge on any atom is -0.455 e. The zero-order valence-electron chi connectivity index (χ0n) is 29.3. The van der Waals surface area contributed by atoms with E-state index in [2.05, 4.69) is 186 Å². The lowest BCUT2D eigenvalue weighted by Gasteiger charge is -2.15. The van der Waals surface area contributed by atoms with Crippen molar-refractivity contribution in [2.75, 3.05) is 0 Å². The fourth-order valence-electron chi connectivity index (χ4n) is 8.34. The van der Waals surface area contributed by atoms with E-state index in [1.165, 1.54) is 21.9 Å². The Balaban J connectivity index is 1.12. The van der Waals surface area contributed by atoms with Crippen molar-refractivity contribution in [1.82, 2.24) is 9.38 Å². The lowest BCUT2D eigenvalue weighted by atomic mass is 9.91. The van der Waals surface area contributed by atoms with Gasteiger partial charge in [0.1, 0.15) is 16.8 Å². The molecule has 0 amide bonds. The number of aromatic nitrogens is 2. The second kappa shape index (κ2) is 12.2. The number of hydrogen-bond donors (Lipinski definition) is 0. The first kappa shape index (κ1) is 30.4. The minimum absolute atomic E-state index is 0.908. The van der Waals surface area contributed by atoms with Crippen molar-refractivity contribution >= 4 is 49.3 Å². The average Bonchev–Trinajstić information content (AvgIpc) is 3.84. The van der Waals surface area contributed by atoms with E-state index in [-0.39, 0.29) is 0 Å². The van der Waals surface area contributed by atoms with Gasteiger partial charge in [-0.05, 0) is 57.5 Å². The van der Waals surface area contributed by atoms with E-state index in [0.29, 0.717) is 0 Å². The number of benzene rings is 8. The molecule has 11 aromatic rings. The van der Waals surface area contributed by atoms with Gasteiger partial charge in [-0.3, -0.25) is 4.40 Å². The van der Waals surface area contributed by atoms with Crippen LogP contribution in [0.4, 0.5) is 0 Å². The largest absolute Gasteiger partial charge is 0.455 e. The molecule has 0 fully saturated rings. The molecular formula is C51H32N2O. The number of fused-ring (bicyclic) bond motifs is 9. The first-order valence-corrected chi connectivity index (χ1v) is 18.4. The molecule has 0 aliphatic heterocycles. The van der Waals surface area contributed by atoms with Crippen molar-refractivity contribution in [3.8, 4) is 55.9 Å². The molecule has 3 heteroatoms. The molecule has 8 aromatic carbocycles. The van der Waals surface area contributed by atoms with Crippen LogP contribution in [0.5, 0.6) is 0 Å². The predicted molar refractivity (Wildman–Crippen MR) is 225 cm³/mol. The molecule has 0 radical (unpaired) electrons. The minimum atomic E-state index is 0.908. The molecule has 0 saturated carbocycles. The molecule has 0 unspecified atom stereocenters. The Morgan fingerprint density at radius 1 is 0.370 bits per heavy atom. The number of hydrogen-bond acceptors (Lipinski definition) is 2. The monoisotopic (exact) mass is 688 g/mol. The van der Waals surface area contributed by atoms with Crippen LogP contribution in [0, 0.1) is 0 Å². The Bertz CT molecular complexity index is 3210. The summed E-state index contributed by atoms with van der Waals surface area (Å²) in [5.41, 5.74) is 15.1. The lowest BCUT2D eigenvalue weighted by Crippen LogP contribution is -1.95. The van der Waals surface area contributed by atoms with Crippen LogP contribution in [-0.4, -0.2) is 9.38 Å². The summed E-state index contributed by atoms with van der Waals surface area (Å²) in [4.78, 5) is 5.39. The van der Waals surface area contributed by atoms with Gasteiger partial charge in [-0.1, -0.05) is 170 Å². The molecule has 3 aromatic heterocycles. The zero-order valence-corrected chi connectivity index (χ0v) is 29.3. The van der Waals surface area contributed by atoms with Gasteiger partial charge >= 0.3 is 0 Å². The highest BCUT2D eigenvalue weighted by Gasteiger charge is 2.21. The standard InChI is InChI=1S/C51H32N2O/c1-3-15-33(16-4-1)48-49(34-17-5-2-6-18-34)53-46-30-29-37(32-45(46)41-23-9-10-25-44(41)51(53)52-48)39-22-8-7-21-38(39)35-19-13-20-36(31-35)40-26-14-27-43-42-24-11-12-28-47(42)54-50(40)43/h1-32H. The SMILES string of the molecule is c1ccc(-c2nc3c4ccccc4c4cc(-c5ccccc5-c5cccc(-c6cccc7c6oc6ccccc67)c5)ccc4n3c2-c2ccccc2)cc1. The Hall–Kier alpha value is -7.23. The van der Waals surface area contributed by atoms with Gasteiger partial charge in [-0.25, -0.2) is 4.98 Å². The molecule has 3 nitrogen and oxygen atoms in total. The van der Waals surface area contributed by atoms with E-state index in [9.17, 15) is 0 Å². The maximum absolute atomic E-state index is 6.44. The quantitative estimate of drug-likeness (QED) is 0.169. The van der Waals surface area contributed by atoms with Crippen molar-refractivity contribution in [2.24, 2.45) is 0 Å². The van der Waals surface area contributed by atoms with E-state index >= 15 is 0 Å². The Morgan fingerprint density at radius 3 is 1.70 bits per heavy atom. The molecule has 0 bridgehead atoms. The number of imidazole rings is 1. The number of rotatable bonds is 5. The van der Waals surface area contributed by atoms with Gasteiger partial charge in [-0.15, -0.1) is 0 Å². The van der Waals surface area contributed by atoms with Crippen LogP contribution in [0.25, 0.3) is 105 Å². The molecule has 54 heavy (non-hydrogen) atoms. The van der Waals surface area contributed by atoms with Crippen molar-refractivity contribution in [2.45, 2.75) is 0 Å². The van der Waals surface area contributed by atoms with E-state index in [1.807, 2.05) is 12.1 Å². The third kappa shape index (κ3) is 4.72. The van der Waals surface area contributed by atoms with Crippen molar-refractivity contribution < 1.29 is 4.42 Å². The van der Waals surface area contributed by atoms with Gasteiger partial charge in [0.25, 0.3) is 0 Å². The maximum Gasteiger partial charge on any atom is 0.146 e. The van der Waals surface area contributed by atoms with Crippen molar-refractivity contribution in [1.29, 1.82) is 0 Å². The van der Waals surface area contributed by atoms with E-state index in [0.717, 1.165) is 83.3 Å². The zero-order chi connectivity index (χ0) is 35.6. The molecule has 0 N–H and O–H groups in total. The van der Waals surface area contributed by atoms with Crippen LogP contribution in [-0.2, 0) is 0 Å². The number of para-hydroxylation sites is 2. The summed E-state index contributed by atoms with van der Waals surface area (Å²) in [5.74, 6) is 0. The van der Waals surface area contributed by atoms with E-state index in [4.69, 9.17) is 9.40 Å². The molecule has 252 valence electrons. The number of furan rings is 1. The summed E-state index contributed by atoms with van der Waals surface area (Å²) < 4.78 is 8.81. The van der Waals surface area contributed by atoms with Crippen LogP contribution in [0.3, 0.4) is 0 Å². The number of nitrogens with zero attached hydrogens (tertiary/aromatic N) is 2. The normalized spacial score (nSPS) is 11.7. The second-order valence-electron chi connectivity index (χ2n) is 13.9. The third-order valence-corrected chi connectivity index (χ3v) is 10.8. The van der Waals surface area contributed by atoms with Crippen LogP contribution >= 0.6 is 0 Å². The lowest BCUT2D eigenvalue weighted by molar-refractivity contribution is 0.670. The van der Waals surface area contributed by atoms with Gasteiger partial charge in [0, 0.05) is 38.2 Å². The summed E-state index contributed by atoms with van der Waals surface area (Å²) in [6.07, 6.45) is 0. The van der Waals surface area contributed by atoms with Gasteiger partial charge in [0.2, 0.25) is 0 Å². The van der Waals surface area contributed by atoms with Gasteiger partial charge in [0.15, 0.2) is 0 Å². The van der Waals surface area contributed by atoms with Crippen LogP contribution < -0.4 is 0 Å². The summed E-state index contributed by atoms with van der Waals surface area (Å²) in [6, 6.07) is 69.1. The van der Waals surface area contributed by atoms with Crippen LogP contribution in [0.2, 0.25) is 0 Å². The molecule has 3 heterocycles. The van der Waals surface area contributed by atoms with Crippen molar-refractivity contribution in [3.63, 3.8) is 0 Å². The fraction of sp³-hybridized carbons (Fsp3) is 0. The molecule has 0 spiro atoms. The highest BCUT2D eigenvalue weighted by Crippen LogP contribution is 2.42. The van der Waals surface area contributed by atoms with Gasteiger partial charge in [-0.2, -0.15) is 0 Å². The van der Waals surface area contributed by atoms with Crippen LogP contribution in [0.15, 0.2) is 199 Å². The molecule has 0 saturated heterocycles. The average molecular weight is 689 g/mol. The molecule has 0 aliphatic rings. The fourth-order valence-corrected chi connectivity index (χ4v) is 8.34. The Morgan fingerprint density at radius 2 is 0.926 bits per heavy atom.